The van der Waals surface area contributed by atoms with Crippen molar-refractivity contribution in [1.82, 2.24) is 15.3 Å². The first-order valence-electron chi connectivity index (χ1n) is 10.0. The molecule has 2 aromatic heterocycles. The van der Waals surface area contributed by atoms with Gasteiger partial charge in [0.2, 0.25) is 11.8 Å². The standard InChI is InChI=1S/C23H24N4O2S/c1-15(2)17-4-3-5-19(10-17)27-13-18(11-22(27)28)23(29)25-12-21-26-20(14-30-21)16-6-8-24-9-7-16/h3-10,14-15,18H,11-13H2,1-2H3,(H,25,29). The number of nitrogens with one attached hydrogen (secondary N) is 1. The second-order valence-electron chi connectivity index (χ2n) is 7.74. The van der Waals surface area contributed by atoms with Gasteiger partial charge >= 0.3 is 0 Å². The van der Waals surface area contributed by atoms with Crippen molar-refractivity contribution < 1.29 is 9.59 Å². The highest BCUT2D eigenvalue weighted by molar-refractivity contribution is 7.09. The Bertz CT molecular complexity index is 1050. The summed E-state index contributed by atoms with van der Waals surface area (Å²) in [5.74, 6) is -0.0753. The van der Waals surface area contributed by atoms with Gasteiger partial charge in [0.25, 0.3) is 0 Å². The van der Waals surface area contributed by atoms with Crippen molar-refractivity contribution in [3.8, 4) is 11.3 Å². The van der Waals surface area contributed by atoms with Gasteiger partial charge in [0.05, 0.1) is 18.2 Å². The first kappa shape index (κ1) is 20.2. The normalized spacial score (nSPS) is 16.3. The average molecular weight is 421 g/mol. The van der Waals surface area contributed by atoms with E-state index in [1.165, 1.54) is 16.9 Å². The van der Waals surface area contributed by atoms with Gasteiger partial charge in [0.1, 0.15) is 5.01 Å². The molecule has 0 bridgehead atoms. The van der Waals surface area contributed by atoms with Crippen molar-refractivity contribution in [2.45, 2.75) is 32.7 Å². The van der Waals surface area contributed by atoms with E-state index in [4.69, 9.17) is 0 Å². The molecule has 4 rings (SSSR count). The zero-order valence-corrected chi connectivity index (χ0v) is 17.9. The lowest BCUT2D eigenvalue weighted by Crippen LogP contribution is -2.32. The number of thiazole rings is 1. The fourth-order valence-corrected chi connectivity index (χ4v) is 4.28. The van der Waals surface area contributed by atoms with Crippen LogP contribution in [0.25, 0.3) is 11.3 Å². The minimum absolute atomic E-state index is 0.00900. The SMILES string of the molecule is CC(C)c1cccc(N2CC(C(=O)NCc3nc(-c4ccncc4)cs3)CC2=O)c1. The smallest absolute Gasteiger partial charge is 0.227 e. The molecule has 1 saturated heterocycles. The number of aromatic nitrogens is 2. The van der Waals surface area contributed by atoms with E-state index in [0.29, 0.717) is 19.0 Å². The van der Waals surface area contributed by atoms with Gasteiger partial charge in [-0.3, -0.25) is 14.6 Å². The van der Waals surface area contributed by atoms with Crippen LogP contribution >= 0.6 is 11.3 Å². The van der Waals surface area contributed by atoms with Crippen molar-refractivity contribution in [3.63, 3.8) is 0 Å². The molecule has 3 heterocycles. The fraction of sp³-hybridized carbons (Fsp3) is 0.304. The lowest BCUT2D eigenvalue weighted by atomic mass is 10.0. The number of hydrogen-bond donors (Lipinski definition) is 1. The molecule has 0 radical (unpaired) electrons. The summed E-state index contributed by atoms with van der Waals surface area (Å²) in [4.78, 5) is 35.5. The van der Waals surface area contributed by atoms with E-state index >= 15 is 0 Å². The maximum absolute atomic E-state index is 12.7. The largest absolute Gasteiger partial charge is 0.349 e. The molecule has 30 heavy (non-hydrogen) atoms. The third-order valence-electron chi connectivity index (χ3n) is 5.29. The van der Waals surface area contributed by atoms with Crippen molar-refractivity contribution in [1.29, 1.82) is 0 Å². The molecule has 3 aromatic rings. The summed E-state index contributed by atoms with van der Waals surface area (Å²) >= 11 is 1.51. The number of nitrogens with zero attached hydrogens (tertiary/aromatic N) is 3. The van der Waals surface area contributed by atoms with Crippen LogP contribution in [0.3, 0.4) is 0 Å². The molecule has 1 atom stereocenters. The molecule has 154 valence electrons. The van der Waals surface area contributed by atoms with Crippen LogP contribution in [-0.2, 0) is 16.1 Å². The highest BCUT2D eigenvalue weighted by atomic mass is 32.1. The van der Waals surface area contributed by atoms with E-state index in [0.717, 1.165) is 22.0 Å². The van der Waals surface area contributed by atoms with Crippen LogP contribution in [0.4, 0.5) is 5.69 Å². The molecule has 1 aliphatic rings. The highest BCUT2D eigenvalue weighted by Gasteiger charge is 2.35. The third-order valence-corrected chi connectivity index (χ3v) is 6.13. The van der Waals surface area contributed by atoms with Crippen molar-refractivity contribution in [2.24, 2.45) is 5.92 Å². The van der Waals surface area contributed by atoms with Crippen LogP contribution in [0.2, 0.25) is 0 Å². The molecule has 1 fully saturated rings. The number of rotatable bonds is 6. The zero-order chi connectivity index (χ0) is 21.1. The predicted molar refractivity (Wildman–Crippen MR) is 118 cm³/mol. The monoisotopic (exact) mass is 420 g/mol. The molecule has 0 aliphatic carbocycles. The summed E-state index contributed by atoms with van der Waals surface area (Å²) in [6.07, 6.45) is 3.70. The summed E-state index contributed by atoms with van der Waals surface area (Å²) in [5, 5.41) is 5.75. The number of benzene rings is 1. The van der Waals surface area contributed by atoms with E-state index in [2.05, 4.69) is 35.2 Å². The van der Waals surface area contributed by atoms with Gasteiger partial charge < -0.3 is 10.2 Å². The number of carbonyl (C=O) groups excluding carboxylic acids is 2. The van der Waals surface area contributed by atoms with Crippen LogP contribution in [0, 0.1) is 5.92 Å². The van der Waals surface area contributed by atoms with Crippen molar-refractivity contribution in [2.75, 3.05) is 11.4 Å². The Hall–Kier alpha value is -3.06. The Morgan fingerprint density at radius 1 is 1.27 bits per heavy atom. The third kappa shape index (κ3) is 4.41. The Labute approximate surface area is 180 Å². The van der Waals surface area contributed by atoms with Crippen LogP contribution in [0.15, 0.2) is 54.2 Å². The Morgan fingerprint density at radius 3 is 2.83 bits per heavy atom. The summed E-state index contributed by atoms with van der Waals surface area (Å²) in [6.45, 7) is 5.02. The molecule has 1 N–H and O–H groups in total. The number of carbonyl (C=O) groups is 2. The molecule has 1 aliphatic heterocycles. The molecule has 7 heteroatoms. The number of amides is 2. The quantitative estimate of drug-likeness (QED) is 0.654. The summed E-state index contributed by atoms with van der Waals surface area (Å²) in [6, 6.07) is 11.8. The summed E-state index contributed by atoms with van der Waals surface area (Å²) in [5.41, 5.74) is 3.92. The van der Waals surface area contributed by atoms with Crippen LogP contribution in [0.1, 0.15) is 36.8 Å². The van der Waals surface area contributed by atoms with Gasteiger partial charge in [-0.2, -0.15) is 0 Å². The van der Waals surface area contributed by atoms with E-state index in [1.54, 1.807) is 17.3 Å². The highest BCUT2D eigenvalue weighted by Crippen LogP contribution is 2.28. The van der Waals surface area contributed by atoms with Gasteiger partial charge in [0, 0.05) is 42.0 Å². The Morgan fingerprint density at radius 2 is 2.07 bits per heavy atom. The van der Waals surface area contributed by atoms with Crippen molar-refractivity contribution >= 4 is 28.8 Å². The topological polar surface area (TPSA) is 75.2 Å². The minimum Gasteiger partial charge on any atom is -0.349 e. The molecule has 2 amide bonds. The average Bonchev–Trinajstić information content (AvgIpc) is 3.39. The predicted octanol–water partition coefficient (Wildman–Crippen LogP) is 4.00. The summed E-state index contributed by atoms with van der Waals surface area (Å²) < 4.78 is 0. The number of hydrogen-bond acceptors (Lipinski definition) is 5. The van der Waals surface area contributed by atoms with E-state index in [1.807, 2.05) is 35.7 Å². The maximum atomic E-state index is 12.7. The molecular weight excluding hydrogens is 396 g/mol. The van der Waals surface area contributed by atoms with Gasteiger partial charge in [-0.15, -0.1) is 11.3 Å². The molecule has 0 saturated carbocycles. The first-order chi connectivity index (χ1) is 14.5. The zero-order valence-electron chi connectivity index (χ0n) is 17.0. The molecule has 1 unspecified atom stereocenters. The molecular formula is C23H24N4O2S. The van der Waals surface area contributed by atoms with Gasteiger partial charge in [0.15, 0.2) is 0 Å². The van der Waals surface area contributed by atoms with Crippen LogP contribution in [0.5, 0.6) is 0 Å². The number of pyridine rings is 1. The van der Waals surface area contributed by atoms with Crippen LogP contribution in [-0.4, -0.2) is 28.3 Å². The molecule has 1 aromatic carbocycles. The maximum Gasteiger partial charge on any atom is 0.227 e. The first-order valence-corrected chi connectivity index (χ1v) is 10.9. The Kier molecular flexibility index (Phi) is 5.90. The molecule has 6 nitrogen and oxygen atoms in total. The van der Waals surface area contributed by atoms with E-state index < -0.39 is 0 Å². The van der Waals surface area contributed by atoms with Crippen LogP contribution < -0.4 is 10.2 Å². The van der Waals surface area contributed by atoms with E-state index in [-0.39, 0.29) is 24.2 Å². The number of anilines is 1. The molecule has 0 spiro atoms. The fourth-order valence-electron chi connectivity index (χ4n) is 3.54. The second kappa shape index (κ2) is 8.75. The van der Waals surface area contributed by atoms with Gasteiger partial charge in [-0.25, -0.2) is 4.98 Å². The van der Waals surface area contributed by atoms with Gasteiger partial charge in [-0.05, 0) is 35.7 Å². The van der Waals surface area contributed by atoms with E-state index in [9.17, 15) is 9.59 Å². The lowest BCUT2D eigenvalue weighted by Gasteiger charge is -2.18. The lowest BCUT2D eigenvalue weighted by molar-refractivity contribution is -0.126. The van der Waals surface area contributed by atoms with Gasteiger partial charge in [-0.1, -0.05) is 26.0 Å². The Balaban J connectivity index is 1.36. The second-order valence-corrected chi connectivity index (χ2v) is 8.68. The summed E-state index contributed by atoms with van der Waals surface area (Å²) in [7, 11) is 0. The minimum atomic E-state index is -0.347. The van der Waals surface area contributed by atoms with Crippen molar-refractivity contribution in [3.05, 3.63) is 64.7 Å².